The lowest BCUT2D eigenvalue weighted by atomic mass is 10.1. The lowest BCUT2D eigenvalue weighted by Crippen LogP contribution is -2.34. The first-order valence-corrected chi connectivity index (χ1v) is 8.90. The topological polar surface area (TPSA) is 20.3 Å². The van der Waals surface area contributed by atoms with Crippen molar-refractivity contribution in [2.45, 2.75) is 18.8 Å². The molecule has 0 aromatic heterocycles. The second-order valence-electron chi connectivity index (χ2n) is 5.38. The van der Waals surface area contributed by atoms with E-state index in [2.05, 4.69) is 0 Å². The van der Waals surface area contributed by atoms with Crippen LogP contribution in [-0.4, -0.2) is 35.4 Å². The van der Waals surface area contributed by atoms with Crippen molar-refractivity contribution < 1.29 is 4.79 Å². The van der Waals surface area contributed by atoms with E-state index in [1.54, 1.807) is 6.07 Å². The molecule has 0 bridgehead atoms. The number of hydrogen-bond acceptors (Lipinski definition) is 2. The molecule has 5 heteroatoms. The number of benzene rings is 1. The van der Waals surface area contributed by atoms with Gasteiger partial charge in [-0.05, 0) is 36.1 Å². The van der Waals surface area contributed by atoms with E-state index in [4.69, 9.17) is 23.2 Å². The van der Waals surface area contributed by atoms with Crippen LogP contribution >= 0.6 is 35.0 Å². The number of amides is 1. The summed E-state index contributed by atoms with van der Waals surface area (Å²) in [6.07, 6.45) is 2.01. The van der Waals surface area contributed by atoms with Gasteiger partial charge in [0, 0.05) is 24.8 Å². The maximum absolute atomic E-state index is 12.5. The van der Waals surface area contributed by atoms with Gasteiger partial charge in [-0.2, -0.15) is 11.8 Å². The van der Waals surface area contributed by atoms with E-state index >= 15 is 0 Å². The Labute approximate surface area is 133 Å². The fourth-order valence-electron chi connectivity index (χ4n) is 2.82. The standard InChI is InChI=1S/C15H17Cl2NOS/c16-13-4-1-3-10(14(13)17)11-9-12(11)15(19)18-5-2-7-20-8-6-18/h1,3-4,11-12H,2,5-9H2/t11-,12+/m0/s1. The van der Waals surface area contributed by atoms with Crippen molar-refractivity contribution in [3.05, 3.63) is 33.8 Å². The molecule has 0 N–H and O–H groups in total. The predicted molar refractivity (Wildman–Crippen MR) is 85.8 cm³/mol. The quantitative estimate of drug-likeness (QED) is 0.815. The number of carbonyl (C=O) groups is 1. The molecule has 2 aliphatic rings. The molecule has 20 heavy (non-hydrogen) atoms. The lowest BCUT2D eigenvalue weighted by Gasteiger charge is -2.20. The van der Waals surface area contributed by atoms with Crippen molar-refractivity contribution in [1.82, 2.24) is 4.90 Å². The predicted octanol–water partition coefficient (Wildman–Crippen LogP) is 4.06. The monoisotopic (exact) mass is 329 g/mol. The Kier molecular flexibility index (Phi) is 4.49. The van der Waals surface area contributed by atoms with Gasteiger partial charge in [0.15, 0.2) is 0 Å². The fraction of sp³-hybridized carbons (Fsp3) is 0.533. The van der Waals surface area contributed by atoms with Crippen molar-refractivity contribution in [1.29, 1.82) is 0 Å². The summed E-state index contributed by atoms with van der Waals surface area (Å²) in [6.45, 7) is 1.79. The Balaban J connectivity index is 1.69. The van der Waals surface area contributed by atoms with Crippen LogP contribution in [0.25, 0.3) is 0 Å². The van der Waals surface area contributed by atoms with Crippen molar-refractivity contribution >= 4 is 40.9 Å². The van der Waals surface area contributed by atoms with Crippen LogP contribution in [0.3, 0.4) is 0 Å². The average Bonchev–Trinajstić information content (AvgIpc) is 3.24. The van der Waals surface area contributed by atoms with Crippen LogP contribution in [0.5, 0.6) is 0 Å². The van der Waals surface area contributed by atoms with Crippen LogP contribution in [0.1, 0.15) is 24.3 Å². The highest BCUT2D eigenvalue weighted by atomic mass is 35.5. The summed E-state index contributed by atoms with van der Waals surface area (Å²) in [5.74, 6) is 2.88. The van der Waals surface area contributed by atoms with Gasteiger partial charge in [0.1, 0.15) is 0 Å². The largest absolute Gasteiger partial charge is 0.342 e. The second kappa shape index (κ2) is 6.17. The minimum atomic E-state index is 0.106. The summed E-state index contributed by atoms with van der Waals surface area (Å²) in [7, 11) is 0. The smallest absolute Gasteiger partial charge is 0.226 e. The molecule has 1 aromatic rings. The highest BCUT2D eigenvalue weighted by molar-refractivity contribution is 7.99. The maximum atomic E-state index is 12.5. The van der Waals surface area contributed by atoms with Crippen LogP contribution in [0.2, 0.25) is 10.0 Å². The molecule has 1 aliphatic heterocycles. The van der Waals surface area contributed by atoms with Crippen molar-refractivity contribution in [3.63, 3.8) is 0 Å². The zero-order valence-corrected chi connectivity index (χ0v) is 13.5. The molecule has 0 radical (unpaired) electrons. The van der Waals surface area contributed by atoms with E-state index in [9.17, 15) is 4.79 Å². The molecular formula is C15H17Cl2NOS. The zero-order chi connectivity index (χ0) is 14.1. The summed E-state index contributed by atoms with van der Waals surface area (Å²) in [6, 6.07) is 5.69. The van der Waals surface area contributed by atoms with Crippen molar-refractivity contribution in [2.75, 3.05) is 24.6 Å². The van der Waals surface area contributed by atoms with E-state index in [0.29, 0.717) is 16.0 Å². The number of hydrogen-bond donors (Lipinski definition) is 0. The summed E-state index contributed by atoms with van der Waals surface area (Å²) >= 11 is 14.2. The van der Waals surface area contributed by atoms with Crippen molar-refractivity contribution in [3.8, 4) is 0 Å². The van der Waals surface area contributed by atoms with Crippen LogP contribution in [0.4, 0.5) is 0 Å². The average molecular weight is 330 g/mol. The first-order chi connectivity index (χ1) is 9.68. The molecule has 1 saturated heterocycles. The van der Waals surface area contributed by atoms with Gasteiger partial charge in [0.25, 0.3) is 0 Å². The Morgan fingerprint density at radius 1 is 1.25 bits per heavy atom. The summed E-state index contributed by atoms with van der Waals surface area (Å²) in [4.78, 5) is 14.6. The molecule has 0 spiro atoms. The lowest BCUT2D eigenvalue weighted by molar-refractivity contribution is -0.132. The number of nitrogens with zero attached hydrogens (tertiary/aromatic N) is 1. The van der Waals surface area contributed by atoms with Crippen LogP contribution < -0.4 is 0 Å². The van der Waals surface area contributed by atoms with Gasteiger partial charge in [-0.25, -0.2) is 0 Å². The van der Waals surface area contributed by atoms with E-state index < -0.39 is 0 Å². The SMILES string of the molecule is O=C([C@@H]1C[C@H]1c1cccc(Cl)c1Cl)N1CCCSCC1. The van der Waals surface area contributed by atoms with Crippen molar-refractivity contribution in [2.24, 2.45) is 5.92 Å². The maximum Gasteiger partial charge on any atom is 0.226 e. The van der Waals surface area contributed by atoms with E-state index in [-0.39, 0.29) is 11.8 Å². The minimum absolute atomic E-state index is 0.106. The zero-order valence-electron chi connectivity index (χ0n) is 11.1. The third-order valence-corrected chi connectivity index (χ3v) is 5.90. The van der Waals surface area contributed by atoms with Gasteiger partial charge in [-0.15, -0.1) is 0 Å². The van der Waals surface area contributed by atoms with E-state index in [0.717, 1.165) is 43.0 Å². The fourth-order valence-corrected chi connectivity index (χ4v) is 4.15. The van der Waals surface area contributed by atoms with E-state index in [1.807, 2.05) is 28.8 Å². The Bertz CT molecular complexity index is 515. The molecule has 108 valence electrons. The Hall–Kier alpha value is -0.380. The van der Waals surface area contributed by atoms with Crippen LogP contribution in [0.15, 0.2) is 18.2 Å². The van der Waals surface area contributed by atoms with Gasteiger partial charge in [0.05, 0.1) is 10.0 Å². The molecule has 2 atom stereocenters. The summed E-state index contributed by atoms with van der Waals surface area (Å²) in [5, 5.41) is 1.19. The third-order valence-electron chi connectivity index (χ3n) is 4.02. The van der Waals surface area contributed by atoms with Gasteiger partial charge < -0.3 is 4.90 Å². The normalized spacial score (nSPS) is 26.2. The summed E-state index contributed by atoms with van der Waals surface area (Å²) in [5.41, 5.74) is 1.03. The van der Waals surface area contributed by atoms with Crippen LogP contribution in [0, 0.1) is 5.92 Å². The molecule has 1 aliphatic carbocycles. The van der Waals surface area contributed by atoms with Gasteiger partial charge >= 0.3 is 0 Å². The molecule has 1 saturated carbocycles. The number of rotatable bonds is 2. The highest BCUT2D eigenvalue weighted by Crippen LogP contribution is 2.51. The molecule has 1 aromatic carbocycles. The Morgan fingerprint density at radius 3 is 2.95 bits per heavy atom. The highest BCUT2D eigenvalue weighted by Gasteiger charge is 2.46. The molecule has 1 amide bonds. The first kappa shape index (κ1) is 14.6. The van der Waals surface area contributed by atoms with Gasteiger partial charge in [-0.3, -0.25) is 4.79 Å². The number of halogens is 2. The first-order valence-electron chi connectivity index (χ1n) is 6.99. The molecule has 2 fully saturated rings. The molecule has 3 rings (SSSR count). The van der Waals surface area contributed by atoms with E-state index in [1.165, 1.54) is 0 Å². The Morgan fingerprint density at radius 2 is 2.10 bits per heavy atom. The molecule has 2 nitrogen and oxygen atoms in total. The number of thioether (sulfide) groups is 1. The van der Waals surface area contributed by atoms with Gasteiger partial charge in [-0.1, -0.05) is 35.3 Å². The molecule has 0 unspecified atom stereocenters. The number of carbonyl (C=O) groups excluding carboxylic acids is 1. The third kappa shape index (κ3) is 2.95. The minimum Gasteiger partial charge on any atom is -0.342 e. The second-order valence-corrected chi connectivity index (χ2v) is 7.39. The van der Waals surface area contributed by atoms with Crippen LogP contribution in [-0.2, 0) is 4.79 Å². The summed E-state index contributed by atoms with van der Waals surface area (Å²) < 4.78 is 0. The molecular weight excluding hydrogens is 313 g/mol. The molecule has 1 heterocycles. The van der Waals surface area contributed by atoms with Gasteiger partial charge in [0.2, 0.25) is 5.91 Å².